The number of phenolic OH excluding ortho intramolecular Hbond substituents is 2. The fourth-order valence-electron chi connectivity index (χ4n) is 2.38. The molecule has 106 valence electrons. The van der Waals surface area contributed by atoms with Crippen molar-refractivity contribution < 1.29 is 14.6 Å². The van der Waals surface area contributed by atoms with Crippen LogP contribution in [-0.2, 0) is 6.42 Å². The Morgan fingerprint density at radius 3 is 2.57 bits per heavy atom. The molecule has 0 saturated heterocycles. The molecule has 0 bridgehead atoms. The van der Waals surface area contributed by atoms with Crippen molar-refractivity contribution in [2.75, 3.05) is 0 Å². The third kappa shape index (κ3) is 2.40. The summed E-state index contributed by atoms with van der Waals surface area (Å²) in [6.45, 7) is 1.99. The number of aromatic nitrogens is 1. The Morgan fingerprint density at radius 1 is 1.05 bits per heavy atom. The summed E-state index contributed by atoms with van der Waals surface area (Å²) in [5, 5.41) is 19.7. The van der Waals surface area contributed by atoms with Crippen molar-refractivity contribution in [3.8, 4) is 22.8 Å². The summed E-state index contributed by atoms with van der Waals surface area (Å²) in [5.41, 5.74) is 3.00. The zero-order chi connectivity index (χ0) is 15.0. The highest BCUT2D eigenvalue weighted by molar-refractivity contribution is 5.84. The van der Waals surface area contributed by atoms with Gasteiger partial charge in [-0.1, -0.05) is 6.92 Å². The van der Waals surface area contributed by atoms with Gasteiger partial charge in [-0.25, -0.2) is 9.37 Å². The Bertz CT molecular complexity index is 830. The molecule has 0 spiro atoms. The lowest BCUT2D eigenvalue weighted by atomic mass is 10.0. The highest BCUT2D eigenvalue weighted by Crippen LogP contribution is 2.30. The third-order valence-electron chi connectivity index (χ3n) is 3.48. The number of fused-ring (bicyclic) bond motifs is 1. The molecule has 0 aliphatic carbocycles. The van der Waals surface area contributed by atoms with Gasteiger partial charge >= 0.3 is 0 Å². The summed E-state index contributed by atoms with van der Waals surface area (Å²) in [7, 11) is 0. The Labute approximate surface area is 121 Å². The summed E-state index contributed by atoms with van der Waals surface area (Å²) >= 11 is 0. The van der Waals surface area contributed by atoms with Crippen LogP contribution in [0.1, 0.15) is 12.5 Å². The van der Waals surface area contributed by atoms with Crippen LogP contribution < -0.4 is 0 Å². The molecule has 0 aliphatic heterocycles. The minimum Gasteiger partial charge on any atom is -0.508 e. The maximum absolute atomic E-state index is 13.6. The first-order valence-corrected chi connectivity index (χ1v) is 6.70. The molecular weight excluding hydrogens is 269 g/mol. The summed E-state index contributed by atoms with van der Waals surface area (Å²) in [6.07, 6.45) is 0.733. The van der Waals surface area contributed by atoms with E-state index < -0.39 is 5.82 Å². The second-order valence-corrected chi connectivity index (χ2v) is 4.89. The molecule has 3 rings (SSSR count). The summed E-state index contributed by atoms with van der Waals surface area (Å²) in [4.78, 5) is 4.57. The average molecular weight is 283 g/mol. The van der Waals surface area contributed by atoms with Crippen molar-refractivity contribution >= 4 is 10.9 Å². The largest absolute Gasteiger partial charge is 0.508 e. The molecule has 0 amide bonds. The Hall–Kier alpha value is -2.62. The standard InChI is InChI=1S/C17H14FNO2/c1-2-10-7-12-8-13(20)4-5-15(12)19-17(10)11-3-6-16(21)14(18)9-11/h3-9,20-21H,2H2,1H3. The molecule has 0 fully saturated rings. The maximum Gasteiger partial charge on any atom is 0.165 e. The molecule has 1 heterocycles. The molecule has 2 aromatic carbocycles. The SMILES string of the molecule is CCc1cc2cc(O)ccc2nc1-c1ccc(O)c(F)c1. The van der Waals surface area contributed by atoms with Gasteiger partial charge < -0.3 is 10.2 Å². The van der Waals surface area contributed by atoms with Crippen molar-refractivity contribution in [3.63, 3.8) is 0 Å². The Morgan fingerprint density at radius 2 is 1.86 bits per heavy atom. The van der Waals surface area contributed by atoms with Gasteiger partial charge in [-0.2, -0.15) is 0 Å². The first-order chi connectivity index (χ1) is 10.1. The fourth-order valence-corrected chi connectivity index (χ4v) is 2.38. The number of aromatic hydroxyl groups is 2. The average Bonchev–Trinajstić information content (AvgIpc) is 2.48. The monoisotopic (exact) mass is 283 g/mol. The molecule has 1 aromatic heterocycles. The van der Waals surface area contributed by atoms with Crippen LogP contribution in [0.25, 0.3) is 22.2 Å². The van der Waals surface area contributed by atoms with Gasteiger partial charge in [-0.05, 0) is 54.4 Å². The summed E-state index contributed by atoms with van der Waals surface area (Å²) in [5.74, 6) is -0.848. The first kappa shape index (κ1) is 13.4. The highest BCUT2D eigenvalue weighted by Gasteiger charge is 2.11. The van der Waals surface area contributed by atoms with Gasteiger partial charge in [0.1, 0.15) is 5.75 Å². The van der Waals surface area contributed by atoms with Crippen LogP contribution in [0.15, 0.2) is 42.5 Å². The van der Waals surface area contributed by atoms with E-state index in [-0.39, 0.29) is 11.5 Å². The maximum atomic E-state index is 13.6. The van der Waals surface area contributed by atoms with Gasteiger partial charge in [0, 0.05) is 10.9 Å². The number of halogens is 1. The minimum atomic E-state index is -0.665. The van der Waals surface area contributed by atoms with Crippen LogP contribution in [0.5, 0.6) is 11.5 Å². The minimum absolute atomic E-state index is 0.190. The van der Waals surface area contributed by atoms with E-state index in [2.05, 4.69) is 4.98 Å². The lowest BCUT2D eigenvalue weighted by Gasteiger charge is -2.10. The topological polar surface area (TPSA) is 53.4 Å². The predicted octanol–water partition coefficient (Wildman–Crippen LogP) is 4.01. The van der Waals surface area contributed by atoms with Gasteiger partial charge in [-0.3, -0.25) is 0 Å². The number of pyridine rings is 1. The number of nitrogens with zero attached hydrogens (tertiary/aromatic N) is 1. The van der Waals surface area contributed by atoms with Gasteiger partial charge in [0.15, 0.2) is 11.6 Å². The molecule has 0 atom stereocenters. The van der Waals surface area contributed by atoms with Crippen molar-refractivity contribution in [2.45, 2.75) is 13.3 Å². The van der Waals surface area contributed by atoms with Gasteiger partial charge in [0.05, 0.1) is 11.2 Å². The second-order valence-electron chi connectivity index (χ2n) is 4.89. The predicted molar refractivity (Wildman–Crippen MR) is 79.8 cm³/mol. The van der Waals surface area contributed by atoms with E-state index in [4.69, 9.17) is 0 Å². The third-order valence-corrected chi connectivity index (χ3v) is 3.48. The van der Waals surface area contributed by atoms with E-state index in [9.17, 15) is 14.6 Å². The van der Waals surface area contributed by atoms with E-state index in [0.717, 1.165) is 22.9 Å². The molecule has 2 N–H and O–H groups in total. The van der Waals surface area contributed by atoms with Gasteiger partial charge in [0.25, 0.3) is 0 Å². The normalized spacial score (nSPS) is 11.0. The van der Waals surface area contributed by atoms with Crippen molar-refractivity contribution in [2.24, 2.45) is 0 Å². The highest BCUT2D eigenvalue weighted by atomic mass is 19.1. The van der Waals surface area contributed by atoms with Crippen LogP contribution in [0, 0.1) is 5.82 Å². The van der Waals surface area contributed by atoms with E-state index in [1.54, 1.807) is 24.3 Å². The summed E-state index contributed by atoms with van der Waals surface area (Å²) < 4.78 is 13.6. The lowest BCUT2D eigenvalue weighted by molar-refractivity contribution is 0.432. The van der Waals surface area contributed by atoms with Crippen LogP contribution in [0.3, 0.4) is 0 Å². The van der Waals surface area contributed by atoms with Crippen LogP contribution >= 0.6 is 0 Å². The molecule has 21 heavy (non-hydrogen) atoms. The van der Waals surface area contributed by atoms with Crippen LogP contribution in [-0.4, -0.2) is 15.2 Å². The second kappa shape index (κ2) is 5.05. The van der Waals surface area contributed by atoms with Gasteiger partial charge in [-0.15, -0.1) is 0 Å². The molecule has 3 aromatic rings. The molecular formula is C17H14FNO2. The number of benzene rings is 2. The number of hydrogen-bond acceptors (Lipinski definition) is 3. The number of hydrogen-bond donors (Lipinski definition) is 2. The van der Waals surface area contributed by atoms with Gasteiger partial charge in [0.2, 0.25) is 0 Å². The van der Waals surface area contributed by atoms with Crippen molar-refractivity contribution in [1.29, 1.82) is 0 Å². The zero-order valence-electron chi connectivity index (χ0n) is 11.5. The first-order valence-electron chi connectivity index (χ1n) is 6.70. The fraction of sp³-hybridized carbons (Fsp3) is 0.118. The molecule has 3 nitrogen and oxygen atoms in total. The molecule has 0 aliphatic rings. The van der Waals surface area contributed by atoms with Crippen LogP contribution in [0.4, 0.5) is 4.39 Å². The zero-order valence-corrected chi connectivity index (χ0v) is 11.5. The Balaban J connectivity index is 2.25. The number of phenols is 2. The van der Waals surface area contributed by atoms with Crippen LogP contribution in [0.2, 0.25) is 0 Å². The quantitative estimate of drug-likeness (QED) is 0.747. The number of aryl methyl sites for hydroxylation is 1. The smallest absolute Gasteiger partial charge is 0.165 e. The lowest BCUT2D eigenvalue weighted by Crippen LogP contribution is -1.94. The molecule has 0 radical (unpaired) electrons. The van der Waals surface area contributed by atoms with E-state index in [1.165, 1.54) is 12.1 Å². The Kier molecular flexibility index (Phi) is 3.22. The molecule has 4 heteroatoms. The van der Waals surface area contributed by atoms with E-state index >= 15 is 0 Å². The van der Waals surface area contributed by atoms with E-state index in [0.29, 0.717) is 11.3 Å². The van der Waals surface area contributed by atoms with Crippen molar-refractivity contribution in [3.05, 3.63) is 53.8 Å². The molecule has 0 saturated carbocycles. The molecule has 0 unspecified atom stereocenters. The van der Waals surface area contributed by atoms with Crippen molar-refractivity contribution in [1.82, 2.24) is 4.98 Å². The summed E-state index contributed by atoms with van der Waals surface area (Å²) in [6, 6.07) is 11.2. The number of rotatable bonds is 2. The van der Waals surface area contributed by atoms with E-state index in [1.807, 2.05) is 13.0 Å².